The molecule has 2 aliphatic rings. The molecule has 6 nitrogen and oxygen atoms in total. The minimum Gasteiger partial charge on any atom is -0.338 e. The van der Waals surface area contributed by atoms with E-state index in [0.29, 0.717) is 35.0 Å². The van der Waals surface area contributed by atoms with Crippen LogP contribution in [0.5, 0.6) is 0 Å². The molecule has 6 heteroatoms. The Morgan fingerprint density at radius 1 is 1.18 bits per heavy atom. The number of hydrogen-bond donors (Lipinski definition) is 0. The summed E-state index contributed by atoms with van der Waals surface area (Å²) in [5.74, 6) is 1.42. The average molecular weight is 383 g/mol. The van der Waals surface area contributed by atoms with Crippen molar-refractivity contribution in [2.24, 2.45) is 5.92 Å². The lowest BCUT2D eigenvalue weighted by Crippen LogP contribution is -2.39. The van der Waals surface area contributed by atoms with Crippen LogP contribution in [-0.2, 0) is 13.0 Å². The molecular formula is C22H30N4O2. The zero-order chi connectivity index (χ0) is 19.8. The number of fused-ring (bicyclic) bond motifs is 2. The summed E-state index contributed by atoms with van der Waals surface area (Å²) in [6.07, 6.45) is 2.99. The van der Waals surface area contributed by atoms with Crippen molar-refractivity contribution in [1.82, 2.24) is 19.4 Å². The lowest BCUT2D eigenvalue weighted by Gasteiger charge is -2.31. The van der Waals surface area contributed by atoms with E-state index in [0.717, 1.165) is 44.8 Å². The van der Waals surface area contributed by atoms with Gasteiger partial charge < -0.3 is 4.90 Å². The first-order valence-corrected chi connectivity index (χ1v) is 10.5. The van der Waals surface area contributed by atoms with Gasteiger partial charge >= 0.3 is 0 Å². The van der Waals surface area contributed by atoms with Crippen molar-refractivity contribution >= 4 is 16.8 Å². The maximum absolute atomic E-state index is 13.0. The molecule has 1 amide bonds. The van der Waals surface area contributed by atoms with E-state index in [1.54, 1.807) is 12.1 Å². The van der Waals surface area contributed by atoms with Gasteiger partial charge in [0.25, 0.3) is 11.5 Å². The van der Waals surface area contributed by atoms with Gasteiger partial charge in [-0.3, -0.25) is 19.1 Å². The van der Waals surface area contributed by atoms with E-state index in [-0.39, 0.29) is 11.5 Å². The molecule has 1 fully saturated rings. The summed E-state index contributed by atoms with van der Waals surface area (Å²) in [6, 6.07) is 5.83. The van der Waals surface area contributed by atoms with E-state index in [1.807, 2.05) is 15.5 Å². The van der Waals surface area contributed by atoms with Crippen LogP contribution >= 0.6 is 0 Å². The Bertz CT molecular complexity index is 949. The smallest absolute Gasteiger partial charge is 0.261 e. The Hall–Kier alpha value is -2.21. The molecule has 28 heavy (non-hydrogen) atoms. The van der Waals surface area contributed by atoms with Crippen LogP contribution in [0.3, 0.4) is 0 Å². The molecule has 0 spiro atoms. The summed E-state index contributed by atoms with van der Waals surface area (Å²) in [5, 5.41) is 0.602. The second-order valence-electron chi connectivity index (χ2n) is 8.60. The standard InChI is InChI=1S/C22H30N4O2/c1-15(2)24-10-8-20-23-19-13-17(21(27)25-9-4-5-16(3)14-25)6-7-18(19)22(28)26(20)12-11-24/h6-7,13,15-16H,4-5,8-12,14H2,1-3H3/t16-/m1/s1. The molecule has 0 radical (unpaired) electrons. The maximum atomic E-state index is 13.0. The van der Waals surface area contributed by atoms with Crippen molar-refractivity contribution in [2.75, 3.05) is 26.2 Å². The fourth-order valence-corrected chi connectivity index (χ4v) is 4.48. The molecule has 0 unspecified atom stereocenters. The van der Waals surface area contributed by atoms with Gasteiger partial charge in [-0.25, -0.2) is 4.98 Å². The summed E-state index contributed by atoms with van der Waals surface area (Å²) in [4.78, 5) is 35.1. The Morgan fingerprint density at radius 3 is 2.75 bits per heavy atom. The summed E-state index contributed by atoms with van der Waals surface area (Å²) in [5.41, 5.74) is 1.29. The van der Waals surface area contributed by atoms with E-state index in [2.05, 4.69) is 25.7 Å². The lowest BCUT2D eigenvalue weighted by atomic mass is 9.99. The SMILES string of the molecule is CC(C)N1CCc2nc3cc(C(=O)N4CCC[C@@H](C)C4)ccc3c(=O)n2CC1. The quantitative estimate of drug-likeness (QED) is 0.801. The molecule has 1 aromatic heterocycles. The molecule has 2 aromatic rings. The van der Waals surface area contributed by atoms with Crippen LogP contribution < -0.4 is 5.56 Å². The highest BCUT2D eigenvalue weighted by Gasteiger charge is 2.23. The molecule has 1 aromatic carbocycles. The van der Waals surface area contributed by atoms with Crippen molar-refractivity contribution in [3.05, 3.63) is 39.9 Å². The number of likely N-dealkylation sites (tertiary alicyclic amines) is 1. The van der Waals surface area contributed by atoms with Gasteiger partial charge in [-0.2, -0.15) is 0 Å². The second kappa shape index (κ2) is 7.66. The third-order valence-corrected chi connectivity index (χ3v) is 6.19. The highest BCUT2D eigenvalue weighted by molar-refractivity contribution is 5.97. The summed E-state index contributed by atoms with van der Waals surface area (Å²) >= 11 is 0. The van der Waals surface area contributed by atoms with Crippen LogP contribution in [-0.4, -0.2) is 57.5 Å². The molecule has 0 N–H and O–H groups in total. The first-order chi connectivity index (χ1) is 13.4. The number of hydrogen-bond acceptors (Lipinski definition) is 4. The van der Waals surface area contributed by atoms with Crippen LogP contribution in [0.1, 0.15) is 49.8 Å². The number of nitrogens with zero attached hydrogens (tertiary/aromatic N) is 4. The summed E-state index contributed by atoms with van der Waals surface area (Å²) < 4.78 is 1.82. The van der Waals surface area contributed by atoms with Crippen LogP contribution in [0.25, 0.3) is 10.9 Å². The Morgan fingerprint density at radius 2 is 2.00 bits per heavy atom. The molecule has 0 bridgehead atoms. The Kier molecular flexibility index (Phi) is 5.23. The molecule has 1 saturated heterocycles. The van der Waals surface area contributed by atoms with E-state index in [9.17, 15) is 9.59 Å². The first-order valence-electron chi connectivity index (χ1n) is 10.5. The van der Waals surface area contributed by atoms with Crippen LogP contribution in [0, 0.1) is 5.92 Å². The van der Waals surface area contributed by atoms with Gasteiger partial charge in [-0.05, 0) is 50.8 Å². The molecule has 3 heterocycles. The zero-order valence-electron chi connectivity index (χ0n) is 17.1. The topological polar surface area (TPSA) is 58.4 Å². The molecule has 1 atom stereocenters. The second-order valence-corrected chi connectivity index (χ2v) is 8.60. The number of carbonyl (C=O) groups is 1. The predicted molar refractivity (Wildman–Crippen MR) is 111 cm³/mol. The van der Waals surface area contributed by atoms with Crippen molar-refractivity contribution in [2.45, 2.75) is 52.6 Å². The monoisotopic (exact) mass is 382 g/mol. The van der Waals surface area contributed by atoms with Gasteiger partial charge in [0.2, 0.25) is 0 Å². The van der Waals surface area contributed by atoms with E-state index in [1.165, 1.54) is 6.42 Å². The van der Waals surface area contributed by atoms with Gasteiger partial charge in [0, 0.05) is 50.7 Å². The lowest BCUT2D eigenvalue weighted by molar-refractivity contribution is 0.0683. The van der Waals surface area contributed by atoms with Crippen LogP contribution in [0.15, 0.2) is 23.0 Å². The van der Waals surface area contributed by atoms with E-state index < -0.39 is 0 Å². The number of carbonyl (C=O) groups excluding carboxylic acids is 1. The van der Waals surface area contributed by atoms with Crippen LogP contribution in [0.4, 0.5) is 0 Å². The Balaban J connectivity index is 1.67. The molecule has 0 aliphatic carbocycles. The summed E-state index contributed by atoms with van der Waals surface area (Å²) in [7, 11) is 0. The van der Waals surface area contributed by atoms with E-state index >= 15 is 0 Å². The number of piperidine rings is 1. The van der Waals surface area contributed by atoms with Gasteiger partial charge in [-0.1, -0.05) is 6.92 Å². The number of amides is 1. The minimum atomic E-state index is 0.0104. The largest absolute Gasteiger partial charge is 0.338 e. The predicted octanol–water partition coefficient (Wildman–Crippen LogP) is 2.54. The normalized spacial score (nSPS) is 21.0. The number of benzene rings is 1. The molecule has 2 aliphatic heterocycles. The third kappa shape index (κ3) is 3.58. The molecule has 4 rings (SSSR count). The van der Waals surface area contributed by atoms with E-state index in [4.69, 9.17) is 4.98 Å². The third-order valence-electron chi connectivity index (χ3n) is 6.19. The Labute approximate surface area is 166 Å². The van der Waals surface area contributed by atoms with Crippen molar-refractivity contribution in [3.8, 4) is 0 Å². The fraction of sp³-hybridized carbons (Fsp3) is 0.591. The molecule has 0 saturated carbocycles. The van der Waals surface area contributed by atoms with Gasteiger partial charge in [0.1, 0.15) is 5.82 Å². The van der Waals surface area contributed by atoms with Crippen LogP contribution in [0.2, 0.25) is 0 Å². The first kappa shape index (κ1) is 19.1. The van der Waals surface area contributed by atoms with Crippen molar-refractivity contribution < 1.29 is 4.79 Å². The zero-order valence-corrected chi connectivity index (χ0v) is 17.1. The number of aromatic nitrogens is 2. The summed E-state index contributed by atoms with van der Waals surface area (Å²) in [6.45, 7) is 10.6. The minimum absolute atomic E-state index is 0.0104. The van der Waals surface area contributed by atoms with Gasteiger partial charge in [0.05, 0.1) is 10.9 Å². The van der Waals surface area contributed by atoms with Crippen molar-refractivity contribution in [1.29, 1.82) is 0 Å². The maximum Gasteiger partial charge on any atom is 0.261 e. The highest BCUT2D eigenvalue weighted by Crippen LogP contribution is 2.20. The average Bonchev–Trinajstić information content (AvgIpc) is 2.90. The van der Waals surface area contributed by atoms with Gasteiger partial charge in [0.15, 0.2) is 0 Å². The van der Waals surface area contributed by atoms with Crippen molar-refractivity contribution in [3.63, 3.8) is 0 Å². The molecule has 150 valence electrons. The number of rotatable bonds is 2. The fourth-order valence-electron chi connectivity index (χ4n) is 4.48. The van der Waals surface area contributed by atoms with Gasteiger partial charge in [-0.15, -0.1) is 0 Å². The highest BCUT2D eigenvalue weighted by atomic mass is 16.2. The molecular weight excluding hydrogens is 352 g/mol.